The summed E-state index contributed by atoms with van der Waals surface area (Å²) in [5.41, 5.74) is -3.05. The summed E-state index contributed by atoms with van der Waals surface area (Å²) in [6.45, 7) is 0. The Morgan fingerprint density at radius 1 is 1.21 bits per heavy atom. The Hall–Kier alpha value is -2.05. The summed E-state index contributed by atoms with van der Waals surface area (Å²) in [5, 5.41) is 11.0. The van der Waals surface area contributed by atoms with Gasteiger partial charge in [-0.25, -0.2) is 4.79 Å². The monoisotopic (exact) mass is 273 g/mol. The number of benzene rings is 1. The van der Waals surface area contributed by atoms with E-state index in [9.17, 15) is 22.8 Å². The maximum atomic E-state index is 12.7. The van der Waals surface area contributed by atoms with E-state index in [1.165, 1.54) is 12.1 Å². The molecule has 0 aromatic heterocycles. The molecule has 2 rings (SSSR count). The first-order valence-electron chi connectivity index (χ1n) is 5.48. The number of rotatable bonds is 3. The van der Waals surface area contributed by atoms with E-state index in [4.69, 9.17) is 5.11 Å². The number of carboxylic acid groups (broad SMARTS) is 1. The van der Waals surface area contributed by atoms with E-state index in [1.54, 1.807) is 0 Å². The van der Waals surface area contributed by atoms with Crippen molar-refractivity contribution in [2.45, 2.75) is 24.6 Å². The Balaban J connectivity index is 2.28. The molecule has 102 valence electrons. The Bertz CT molecular complexity index is 535. The van der Waals surface area contributed by atoms with Gasteiger partial charge in [-0.2, -0.15) is 13.2 Å². The van der Waals surface area contributed by atoms with Crippen molar-refractivity contribution >= 4 is 11.9 Å². The molecule has 0 heterocycles. The minimum Gasteiger partial charge on any atom is -0.480 e. The lowest BCUT2D eigenvalue weighted by Gasteiger charge is -2.16. The maximum Gasteiger partial charge on any atom is 0.417 e. The predicted octanol–water partition coefficient (Wildman–Crippen LogP) is 2.05. The Kier molecular flexibility index (Phi) is 3.00. The third kappa shape index (κ3) is 2.54. The Labute approximate surface area is 106 Å². The molecule has 19 heavy (non-hydrogen) atoms. The van der Waals surface area contributed by atoms with E-state index in [2.05, 4.69) is 5.32 Å². The van der Waals surface area contributed by atoms with Crippen molar-refractivity contribution in [3.63, 3.8) is 0 Å². The zero-order chi connectivity index (χ0) is 14.3. The second-order valence-corrected chi connectivity index (χ2v) is 4.38. The number of alkyl halides is 3. The second kappa shape index (κ2) is 4.25. The third-order valence-electron chi connectivity index (χ3n) is 2.99. The minimum absolute atomic E-state index is 0.224. The minimum atomic E-state index is -4.66. The molecule has 0 spiro atoms. The van der Waals surface area contributed by atoms with Crippen LogP contribution in [0.3, 0.4) is 0 Å². The van der Waals surface area contributed by atoms with Gasteiger partial charge in [-0.1, -0.05) is 12.1 Å². The van der Waals surface area contributed by atoms with E-state index >= 15 is 0 Å². The van der Waals surface area contributed by atoms with Crippen LogP contribution in [0.1, 0.15) is 28.8 Å². The van der Waals surface area contributed by atoms with Gasteiger partial charge in [0.15, 0.2) is 0 Å². The molecule has 0 radical (unpaired) electrons. The van der Waals surface area contributed by atoms with Crippen LogP contribution in [-0.4, -0.2) is 22.5 Å². The van der Waals surface area contributed by atoms with Crippen LogP contribution >= 0.6 is 0 Å². The number of amides is 1. The first-order valence-corrected chi connectivity index (χ1v) is 5.48. The number of aliphatic carboxylic acids is 1. The average molecular weight is 273 g/mol. The van der Waals surface area contributed by atoms with Crippen molar-refractivity contribution in [3.8, 4) is 0 Å². The third-order valence-corrected chi connectivity index (χ3v) is 2.99. The van der Waals surface area contributed by atoms with Crippen LogP contribution in [0.25, 0.3) is 0 Å². The van der Waals surface area contributed by atoms with Gasteiger partial charge in [0.25, 0.3) is 5.91 Å². The lowest BCUT2D eigenvalue weighted by Crippen LogP contribution is -2.43. The first kappa shape index (κ1) is 13.4. The molecule has 1 aliphatic rings. The molecule has 4 nitrogen and oxygen atoms in total. The standard InChI is InChI=1S/C12H10F3NO3/c13-12(14,15)8-4-2-1-3-7(8)9(17)16-11(5-6-11)10(18)19/h1-4H,5-6H2,(H,16,17)(H,18,19). The topological polar surface area (TPSA) is 66.4 Å². The number of hydrogen-bond donors (Lipinski definition) is 2. The Morgan fingerprint density at radius 3 is 2.26 bits per heavy atom. The molecule has 7 heteroatoms. The fraction of sp³-hybridized carbons (Fsp3) is 0.333. The second-order valence-electron chi connectivity index (χ2n) is 4.38. The molecular weight excluding hydrogens is 263 g/mol. The van der Waals surface area contributed by atoms with Crippen LogP contribution in [0.5, 0.6) is 0 Å². The van der Waals surface area contributed by atoms with Crippen molar-refractivity contribution in [3.05, 3.63) is 35.4 Å². The van der Waals surface area contributed by atoms with E-state index in [0.29, 0.717) is 0 Å². The summed E-state index contributed by atoms with van der Waals surface area (Å²) in [5.74, 6) is -2.25. The summed E-state index contributed by atoms with van der Waals surface area (Å²) >= 11 is 0. The van der Waals surface area contributed by atoms with Crippen molar-refractivity contribution < 1.29 is 27.9 Å². The summed E-state index contributed by atoms with van der Waals surface area (Å²) in [4.78, 5) is 22.7. The molecule has 1 fully saturated rings. The molecule has 0 atom stereocenters. The summed E-state index contributed by atoms with van der Waals surface area (Å²) in [6.07, 6.45) is -4.21. The summed E-state index contributed by atoms with van der Waals surface area (Å²) in [6, 6.07) is 4.28. The molecule has 1 saturated carbocycles. The molecule has 0 bridgehead atoms. The summed E-state index contributed by atoms with van der Waals surface area (Å²) < 4.78 is 38.2. The average Bonchev–Trinajstić information content (AvgIpc) is 3.09. The normalized spacial score (nSPS) is 16.8. The van der Waals surface area contributed by atoms with Crippen molar-refractivity contribution in [1.29, 1.82) is 0 Å². The van der Waals surface area contributed by atoms with Crippen molar-refractivity contribution in [2.24, 2.45) is 0 Å². The molecule has 0 unspecified atom stereocenters. The smallest absolute Gasteiger partial charge is 0.417 e. The van der Waals surface area contributed by atoms with Gasteiger partial charge >= 0.3 is 12.1 Å². The number of hydrogen-bond acceptors (Lipinski definition) is 2. The van der Waals surface area contributed by atoms with Gasteiger partial charge in [0.05, 0.1) is 11.1 Å². The first-order chi connectivity index (χ1) is 8.76. The largest absolute Gasteiger partial charge is 0.480 e. The van der Waals surface area contributed by atoms with Crippen LogP contribution in [0.2, 0.25) is 0 Å². The summed E-state index contributed by atoms with van der Waals surface area (Å²) in [7, 11) is 0. The maximum absolute atomic E-state index is 12.7. The molecular formula is C12H10F3NO3. The fourth-order valence-corrected chi connectivity index (χ4v) is 1.73. The highest BCUT2D eigenvalue weighted by atomic mass is 19.4. The molecule has 1 aromatic carbocycles. The quantitative estimate of drug-likeness (QED) is 0.885. The van der Waals surface area contributed by atoms with Gasteiger partial charge in [0, 0.05) is 0 Å². The zero-order valence-electron chi connectivity index (χ0n) is 9.62. The molecule has 1 amide bonds. The molecule has 1 aliphatic carbocycles. The highest BCUT2D eigenvalue weighted by molar-refractivity contribution is 6.00. The highest BCUT2D eigenvalue weighted by Crippen LogP contribution is 2.37. The van der Waals surface area contributed by atoms with Gasteiger partial charge in [0.1, 0.15) is 5.54 Å². The van der Waals surface area contributed by atoms with Gasteiger partial charge in [-0.05, 0) is 25.0 Å². The predicted molar refractivity (Wildman–Crippen MR) is 58.5 cm³/mol. The molecule has 0 aliphatic heterocycles. The van der Waals surface area contributed by atoms with Crippen LogP contribution < -0.4 is 5.32 Å². The van der Waals surface area contributed by atoms with Crippen LogP contribution in [0.15, 0.2) is 24.3 Å². The highest BCUT2D eigenvalue weighted by Gasteiger charge is 2.52. The van der Waals surface area contributed by atoms with Gasteiger partial charge in [-0.3, -0.25) is 4.79 Å². The number of carbonyl (C=O) groups excluding carboxylic acids is 1. The van der Waals surface area contributed by atoms with Gasteiger partial charge < -0.3 is 10.4 Å². The number of carboxylic acids is 1. The van der Waals surface area contributed by atoms with Gasteiger partial charge in [0.2, 0.25) is 0 Å². The lowest BCUT2D eigenvalue weighted by molar-refractivity contribution is -0.140. The number of halogens is 3. The SMILES string of the molecule is O=C(NC1(C(=O)O)CC1)c1ccccc1C(F)(F)F. The Morgan fingerprint density at radius 2 is 1.79 bits per heavy atom. The van der Waals surface area contributed by atoms with E-state index in [-0.39, 0.29) is 12.8 Å². The zero-order valence-corrected chi connectivity index (χ0v) is 9.62. The van der Waals surface area contributed by atoms with Crippen molar-refractivity contribution in [1.82, 2.24) is 5.32 Å². The van der Waals surface area contributed by atoms with Crippen molar-refractivity contribution in [2.75, 3.05) is 0 Å². The van der Waals surface area contributed by atoms with E-state index < -0.39 is 34.7 Å². The molecule has 1 aromatic rings. The molecule has 0 saturated heterocycles. The molecule has 2 N–H and O–H groups in total. The van der Waals surface area contributed by atoms with E-state index in [1.807, 2.05) is 0 Å². The van der Waals surface area contributed by atoms with Gasteiger partial charge in [-0.15, -0.1) is 0 Å². The fourth-order valence-electron chi connectivity index (χ4n) is 1.73. The lowest BCUT2D eigenvalue weighted by atomic mass is 10.1. The van der Waals surface area contributed by atoms with Crippen LogP contribution in [0, 0.1) is 0 Å². The number of carbonyl (C=O) groups is 2. The number of nitrogens with one attached hydrogen (secondary N) is 1. The van der Waals surface area contributed by atoms with Crippen LogP contribution in [0.4, 0.5) is 13.2 Å². The van der Waals surface area contributed by atoms with Crippen LogP contribution in [-0.2, 0) is 11.0 Å². The van der Waals surface area contributed by atoms with E-state index in [0.717, 1.165) is 12.1 Å².